The minimum absolute atomic E-state index is 0.0236. The Morgan fingerprint density at radius 1 is 0.532 bits per heavy atom. The Morgan fingerprint density at radius 3 is 1.34 bits per heavy atom. The molecule has 47 heavy (non-hydrogen) atoms. The van der Waals surface area contributed by atoms with Gasteiger partial charge in [0, 0.05) is 0 Å². The zero-order valence-corrected chi connectivity index (χ0v) is 31.4. The summed E-state index contributed by atoms with van der Waals surface area (Å²) in [5.41, 5.74) is 0. The largest absolute Gasteiger partial charge is 0.394 e. The summed E-state index contributed by atoms with van der Waals surface area (Å²) < 4.78 is 0. The molecule has 0 rings (SSSR count). The average molecular weight is 664 g/mol. The van der Waals surface area contributed by atoms with Gasteiger partial charge in [-0.05, 0) is 38.5 Å². The van der Waals surface area contributed by atoms with Crippen LogP contribution < -0.4 is 5.32 Å². The molecule has 5 nitrogen and oxygen atoms in total. The van der Waals surface area contributed by atoms with E-state index in [4.69, 9.17) is 0 Å². The van der Waals surface area contributed by atoms with E-state index < -0.39 is 18.2 Å². The van der Waals surface area contributed by atoms with Gasteiger partial charge in [0.1, 0.15) is 0 Å². The monoisotopic (exact) mass is 664 g/mol. The molecule has 0 heterocycles. The number of nitrogens with one attached hydrogen (secondary N) is 1. The second-order valence-electron chi connectivity index (χ2n) is 14.3. The summed E-state index contributed by atoms with van der Waals surface area (Å²) in [6.45, 7) is 4.22. The van der Waals surface area contributed by atoms with Crippen molar-refractivity contribution in [1.82, 2.24) is 5.32 Å². The molecular weight excluding hydrogens is 582 g/mol. The lowest BCUT2D eigenvalue weighted by Crippen LogP contribution is -2.46. The van der Waals surface area contributed by atoms with E-state index in [0.29, 0.717) is 12.8 Å². The van der Waals surface area contributed by atoms with Crippen LogP contribution in [0.2, 0.25) is 0 Å². The lowest BCUT2D eigenvalue weighted by Gasteiger charge is -2.23. The molecule has 0 saturated heterocycles. The predicted octanol–water partition coefficient (Wildman–Crippen LogP) is 11.4. The molecule has 3 atom stereocenters. The van der Waals surface area contributed by atoms with Crippen molar-refractivity contribution in [3.05, 3.63) is 24.3 Å². The highest BCUT2D eigenvalue weighted by atomic mass is 16.3. The van der Waals surface area contributed by atoms with Gasteiger partial charge < -0.3 is 20.6 Å². The summed E-state index contributed by atoms with van der Waals surface area (Å²) in [5.74, 6) is -0.295. The molecule has 0 radical (unpaired) electrons. The third-order valence-corrected chi connectivity index (χ3v) is 9.55. The fourth-order valence-corrected chi connectivity index (χ4v) is 6.34. The molecule has 0 bridgehead atoms. The van der Waals surface area contributed by atoms with Gasteiger partial charge >= 0.3 is 0 Å². The number of carbonyl (C=O) groups is 1. The molecule has 5 heteroatoms. The Kier molecular flexibility index (Phi) is 36.7. The maximum Gasteiger partial charge on any atom is 0.222 e. The molecule has 0 aliphatic heterocycles. The van der Waals surface area contributed by atoms with Gasteiger partial charge in [0.05, 0.1) is 31.3 Å². The Bertz CT molecular complexity index is 694. The van der Waals surface area contributed by atoms with Crippen LogP contribution in [0, 0.1) is 0 Å². The number of unbranched alkanes of at least 4 members (excludes halogenated alkanes) is 25. The van der Waals surface area contributed by atoms with Crippen LogP contribution in [0.4, 0.5) is 0 Å². The standard InChI is InChI=1S/C42H81NO4/c1-3-5-7-9-11-13-15-17-18-19-20-21-22-24-26-28-30-32-34-36-41(46)40(38-44)43-42(47)37-39(45)35-33-31-29-27-25-23-16-14-12-10-8-6-4-2/h12,14,16,23,39-41,44-46H,3-11,13,15,17-22,24-38H2,1-2H3,(H,43,47)/b14-12-,23-16-. The van der Waals surface area contributed by atoms with Crippen LogP contribution in [-0.2, 0) is 4.79 Å². The van der Waals surface area contributed by atoms with Crippen LogP contribution in [0.3, 0.4) is 0 Å². The van der Waals surface area contributed by atoms with Crippen molar-refractivity contribution >= 4 is 5.91 Å². The van der Waals surface area contributed by atoms with Gasteiger partial charge in [-0.3, -0.25) is 4.79 Å². The van der Waals surface area contributed by atoms with E-state index in [1.807, 2.05) is 0 Å². The molecule has 0 aromatic rings. The van der Waals surface area contributed by atoms with Gasteiger partial charge in [-0.25, -0.2) is 0 Å². The van der Waals surface area contributed by atoms with Crippen molar-refractivity contribution in [3.8, 4) is 0 Å². The van der Waals surface area contributed by atoms with Gasteiger partial charge in [-0.1, -0.05) is 192 Å². The average Bonchev–Trinajstić information content (AvgIpc) is 3.06. The summed E-state index contributed by atoms with van der Waals surface area (Å²) >= 11 is 0. The zero-order chi connectivity index (χ0) is 34.5. The van der Waals surface area contributed by atoms with Crippen LogP contribution in [0.25, 0.3) is 0 Å². The minimum atomic E-state index is -0.752. The summed E-state index contributed by atoms with van der Waals surface area (Å²) in [7, 11) is 0. The SMILES string of the molecule is CCCCC/C=C\C=C/CCCCCCC(O)CC(=O)NC(CO)C(O)CCCCCCCCCCCCCCCCCCCCC. The molecule has 278 valence electrons. The second-order valence-corrected chi connectivity index (χ2v) is 14.3. The number of allylic oxidation sites excluding steroid dienone is 4. The van der Waals surface area contributed by atoms with E-state index in [2.05, 4.69) is 43.5 Å². The molecule has 0 aromatic carbocycles. The molecule has 1 amide bonds. The van der Waals surface area contributed by atoms with Gasteiger partial charge in [0.2, 0.25) is 5.91 Å². The molecule has 0 aliphatic rings. The van der Waals surface area contributed by atoms with Crippen LogP contribution in [-0.4, -0.2) is 46.1 Å². The normalized spacial score (nSPS) is 13.9. The number of aliphatic hydroxyl groups excluding tert-OH is 3. The first kappa shape index (κ1) is 45.8. The fraction of sp³-hybridized carbons (Fsp3) is 0.881. The second kappa shape index (κ2) is 37.6. The maximum atomic E-state index is 12.4. The first-order valence-corrected chi connectivity index (χ1v) is 20.6. The van der Waals surface area contributed by atoms with E-state index in [-0.39, 0.29) is 18.9 Å². The number of hydrogen-bond donors (Lipinski definition) is 4. The van der Waals surface area contributed by atoms with E-state index >= 15 is 0 Å². The Hall–Kier alpha value is -1.17. The molecule has 0 saturated carbocycles. The van der Waals surface area contributed by atoms with Crippen LogP contribution in [0.15, 0.2) is 24.3 Å². The molecular formula is C42H81NO4. The molecule has 4 N–H and O–H groups in total. The van der Waals surface area contributed by atoms with Gasteiger partial charge in [0.15, 0.2) is 0 Å². The van der Waals surface area contributed by atoms with Gasteiger partial charge in [-0.2, -0.15) is 0 Å². The van der Waals surface area contributed by atoms with Gasteiger partial charge in [-0.15, -0.1) is 0 Å². The topological polar surface area (TPSA) is 89.8 Å². The van der Waals surface area contributed by atoms with Crippen molar-refractivity contribution in [1.29, 1.82) is 0 Å². The Morgan fingerprint density at radius 2 is 0.894 bits per heavy atom. The number of rotatable bonds is 37. The van der Waals surface area contributed by atoms with Crippen LogP contribution in [0.1, 0.15) is 213 Å². The lowest BCUT2D eigenvalue weighted by atomic mass is 10.0. The molecule has 0 fully saturated rings. The van der Waals surface area contributed by atoms with Crippen molar-refractivity contribution in [3.63, 3.8) is 0 Å². The van der Waals surface area contributed by atoms with E-state index in [1.165, 1.54) is 135 Å². The highest BCUT2D eigenvalue weighted by molar-refractivity contribution is 5.76. The number of amides is 1. The zero-order valence-electron chi connectivity index (χ0n) is 31.4. The highest BCUT2D eigenvalue weighted by Gasteiger charge is 2.21. The Labute approximate surface area is 292 Å². The first-order valence-electron chi connectivity index (χ1n) is 20.6. The summed E-state index contributed by atoms with van der Waals surface area (Å²) in [5, 5.41) is 33.3. The molecule has 0 aromatic heterocycles. The van der Waals surface area contributed by atoms with Crippen molar-refractivity contribution in [2.45, 2.75) is 231 Å². The Balaban J connectivity index is 3.64. The van der Waals surface area contributed by atoms with E-state index in [0.717, 1.165) is 44.9 Å². The molecule has 0 spiro atoms. The summed E-state index contributed by atoms with van der Waals surface area (Å²) in [4.78, 5) is 12.4. The third kappa shape index (κ3) is 34.5. The summed E-state index contributed by atoms with van der Waals surface area (Å²) in [6.07, 6.45) is 44.2. The van der Waals surface area contributed by atoms with Crippen LogP contribution >= 0.6 is 0 Å². The molecule has 0 aliphatic carbocycles. The van der Waals surface area contributed by atoms with Crippen molar-refractivity contribution < 1.29 is 20.1 Å². The summed E-state index contributed by atoms with van der Waals surface area (Å²) in [6, 6.07) is -0.663. The number of carbonyl (C=O) groups excluding carboxylic acids is 1. The van der Waals surface area contributed by atoms with Crippen LogP contribution in [0.5, 0.6) is 0 Å². The minimum Gasteiger partial charge on any atom is -0.394 e. The molecule has 3 unspecified atom stereocenters. The first-order chi connectivity index (χ1) is 23.0. The van der Waals surface area contributed by atoms with Crippen molar-refractivity contribution in [2.24, 2.45) is 0 Å². The number of aliphatic hydroxyl groups is 3. The quantitative estimate of drug-likeness (QED) is 0.0393. The van der Waals surface area contributed by atoms with Crippen molar-refractivity contribution in [2.75, 3.05) is 6.61 Å². The predicted molar refractivity (Wildman–Crippen MR) is 204 cm³/mol. The lowest BCUT2D eigenvalue weighted by molar-refractivity contribution is -0.125. The smallest absolute Gasteiger partial charge is 0.222 e. The maximum absolute atomic E-state index is 12.4. The van der Waals surface area contributed by atoms with Gasteiger partial charge in [0.25, 0.3) is 0 Å². The third-order valence-electron chi connectivity index (χ3n) is 9.55. The van der Waals surface area contributed by atoms with E-state index in [9.17, 15) is 20.1 Å². The van der Waals surface area contributed by atoms with E-state index in [1.54, 1.807) is 0 Å². The number of hydrogen-bond acceptors (Lipinski definition) is 4. The highest BCUT2D eigenvalue weighted by Crippen LogP contribution is 2.16. The fourth-order valence-electron chi connectivity index (χ4n) is 6.34.